The van der Waals surface area contributed by atoms with E-state index in [9.17, 15) is 8.42 Å². The highest BCUT2D eigenvalue weighted by atomic mass is 35.5. The maximum Gasteiger partial charge on any atom is 0.211 e. The fourth-order valence-corrected chi connectivity index (χ4v) is 3.54. The Morgan fingerprint density at radius 3 is 2.79 bits per heavy atom. The van der Waals surface area contributed by atoms with Crippen molar-refractivity contribution in [2.45, 2.75) is 26.1 Å². The number of aromatic nitrogens is 3. The van der Waals surface area contributed by atoms with Crippen molar-refractivity contribution < 1.29 is 13.2 Å². The number of ether oxygens (including phenoxy) is 1. The Morgan fingerprint density at radius 1 is 1.25 bits per heavy atom. The summed E-state index contributed by atoms with van der Waals surface area (Å²) in [6.07, 6.45) is 1.86. The quantitative estimate of drug-likeness (QED) is 0.796. The number of fused-ring (bicyclic) bond motifs is 1. The molecule has 9 heteroatoms. The van der Waals surface area contributed by atoms with Crippen LogP contribution in [-0.4, -0.2) is 47.0 Å². The molecule has 130 valence electrons. The van der Waals surface area contributed by atoms with Gasteiger partial charge in [-0.15, -0.1) is 10.2 Å². The Hall–Kier alpha value is -1.48. The summed E-state index contributed by atoms with van der Waals surface area (Å²) in [5.74, 6) is 1.45. The van der Waals surface area contributed by atoms with Gasteiger partial charge in [0.05, 0.1) is 26.0 Å². The summed E-state index contributed by atoms with van der Waals surface area (Å²) in [5, 5.41) is 8.88. The summed E-state index contributed by atoms with van der Waals surface area (Å²) in [4.78, 5) is 0. The topological polar surface area (TPSA) is 77.3 Å². The van der Waals surface area contributed by atoms with Gasteiger partial charge in [0, 0.05) is 24.5 Å². The molecule has 1 aliphatic rings. The molecule has 0 amide bonds. The third-order valence-corrected chi connectivity index (χ3v) is 5.49. The van der Waals surface area contributed by atoms with Gasteiger partial charge in [0.1, 0.15) is 11.6 Å². The molecule has 0 aliphatic carbocycles. The zero-order valence-corrected chi connectivity index (χ0v) is 14.9. The van der Waals surface area contributed by atoms with Crippen molar-refractivity contribution in [2.75, 3.05) is 19.5 Å². The van der Waals surface area contributed by atoms with Crippen LogP contribution in [-0.2, 0) is 40.8 Å². The van der Waals surface area contributed by atoms with Crippen LogP contribution in [0.25, 0.3) is 0 Å². The van der Waals surface area contributed by atoms with Crippen LogP contribution in [0.2, 0.25) is 5.02 Å². The van der Waals surface area contributed by atoms with E-state index >= 15 is 0 Å². The highest BCUT2D eigenvalue weighted by molar-refractivity contribution is 7.88. The number of nitrogens with zero attached hydrogens (tertiary/aromatic N) is 4. The molecule has 1 aromatic heterocycles. The van der Waals surface area contributed by atoms with E-state index in [0.29, 0.717) is 37.0 Å². The molecule has 0 unspecified atom stereocenters. The predicted octanol–water partition coefficient (Wildman–Crippen LogP) is 1.47. The van der Waals surface area contributed by atoms with Gasteiger partial charge >= 0.3 is 0 Å². The summed E-state index contributed by atoms with van der Waals surface area (Å²) in [5.41, 5.74) is 0.753. The van der Waals surface area contributed by atoms with Crippen molar-refractivity contribution >= 4 is 21.6 Å². The highest BCUT2D eigenvalue weighted by Crippen LogP contribution is 2.20. The SMILES string of the molecule is CS(=O)(=O)N(Cc1ccccc1Cl)Cc1nnc2n1CCOCC2. The second kappa shape index (κ2) is 7.18. The van der Waals surface area contributed by atoms with Crippen molar-refractivity contribution in [1.29, 1.82) is 0 Å². The summed E-state index contributed by atoms with van der Waals surface area (Å²) in [6.45, 7) is 2.14. The molecule has 0 saturated carbocycles. The first-order valence-corrected chi connectivity index (χ1v) is 9.85. The third kappa shape index (κ3) is 3.94. The molecule has 0 bridgehead atoms. The Kier molecular flexibility index (Phi) is 5.19. The summed E-state index contributed by atoms with van der Waals surface area (Å²) in [7, 11) is -3.43. The van der Waals surface area contributed by atoms with E-state index in [1.54, 1.807) is 6.07 Å². The van der Waals surface area contributed by atoms with E-state index in [1.165, 1.54) is 10.6 Å². The molecular weight excluding hydrogens is 352 g/mol. The minimum Gasteiger partial charge on any atom is -0.379 e. The lowest BCUT2D eigenvalue weighted by molar-refractivity contribution is 0.139. The van der Waals surface area contributed by atoms with E-state index in [2.05, 4.69) is 10.2 Å². The smallest absolute Gasteiger partial charge is 0.211 e. The van der Waals surface area contributed by atoms with Crippen LogP contribution < -0.4 is 0 Å². The molecule has 3 rings (SSSR count). The molecule has 0 fully saturated rings. The molecule has 0 saturated heterocycles. The summed E-state index contributed by atoms with van der Waals surface area (Å²) >= 11 is 6.17. The molecule has 2 heterocycles. The van der Waals surface area contributed by atoms with Crippen molar-refractivity contribution in [2.24, 2.45) is 0 Å². The zero-order valence-electron chi connectivity index (χ0n) is 13.4. The number of hydrogen-bond acceptors (Lipinski definition) is 5. The average molecular weight is 371 g/mol. The van der Waals surface area contributed by atoms with Crippen LogP contribution in [0.1, 0.15) is 17.2 Å². The molecule has 0 N–H and O–H groups in total. The van der Waals surface area contributed by atoms with Gasteiger partial charge in [-0.3, -0.25) is 0 Å². The normalized spacial score (nSPS) is 15.3. The lowest BCUT2D eigenvalue weighted by Crippen LogP contribution is -2.30. The van der Waals surface area contributed by atoms with Gasteiger partial charge in [-0.25, -0.2) is 8.42 Å². The van der Waals surface area contributed by atoms with Gasteiger partial charge in [-0.1, -0.05) is 29.8 Å². The fourth-order valence-electron chi connectivity index (χ4n) is 2.62. The first-order valence-electron chi connectivity index (χ1n) is 7.62. The highest BCUT2D eigenvalue weighted by Gasteiger charge is 2.23. The molecule has 24 heavy (non-hydrogen) atoms. The van der Waals surface area contributed by atoms with Gasteiger partial charge < -0.3 is 9.30 Å². The Bertz CT molecular complexity index is 822. The standard InChI is InChI=1S/C15H19ClN4O3S/c1-24(21,22)19(10-12-4-2-3-5-13(12)16)11-15-18-17-14-6-8-23-9-7-20(14)15/h2-5H,6-11H2,1H3. The minimum atomic E-state index is -3.43. The van der Waals surface area contributed by atoms with Gasteiger partial charge in [0.2, 0.25) is 10.0 Å². The van der Waals surface area contributed by atoms with Crippen LogP contribution in [0.5, 0.6) is 0 Å². The van der Waals surface area contributed by atoms with Crippen LogP contribution in [0.4, 0.5) is 0 Å². The molecule has 1 aromatic carbocycles. The Morgan fingerprint density at radius 2 is 2.04 bits per heavy atom. The van der Waals surface area contributed by atoms with E-state index in [-0.39, 0.29) is 13.1 Å². The van der Waals surface area contributed by atoms with Crippen LogP contribution in [0.3, 0.4) is 0 Å². The van der Waals surface area contributed by atoms with Gasteiger partial charge in [-0.2, -0.15) is 4.31 Å². The van der Waals surface area contributed by atoms with Crippen molar-refractivity contribution in [3.8, 4) is 0 Å². The predicted molar refractivity (Wildman–Crippen MR) is 90.1 cm³/mol. The number of benzene rings is 1. The van der Waals surface area contributed by atoms with E-state index in [4.69, 9.17) is 16.3 Å². The van der Waals surface area contributed by atoms with Crippen LogP contribution in [0, 0.1) is 0 Å². The summed E-state index contributed by atoms with van der Waals surface area (Å²) < 4.78 is 33.2. The first kappa shape index (κ1) is 17.3. The Labute approximate surface area is 146 Å². The molecule has 2 aromatic rings. The average Bonchev–Trinajstić information content (AvgIpc) is 2.75. The van der Waals surface area contributed by atoms with Crippen molar-refractivity contribution in [1.82, 2.24) is 19.1 Å². The number of halogens is 1. The van der Waals surface area contributed by atoms with Crippen LogP contribution in [0.15, 0.2) is 24.3 Å². The third-order valence-electron chi connectivity index (χ3n) is 3.92. The monoisotopic (exact) mass is 370 g/mol. The van der Waals surface area contributed by atoms with Crippen LogP contribution >= 0.6 is 11.6 Å². The van der Waals surface area contributed by atoms with Gasteiger partial charge in [0.15, 0.2) is 0 Å². The molecule has 0 spiro atoms. The molecule has 7 nitrogen and oxygen atoms in total. The maximum atomic E-state index is 12.2. The van der Waals surface area contributed by atoms with Gasteiger partial charge in [-0.05, 0) is 11.6 Å². The first-order chi connectivity index (χ1) is 11.4. The maximum absolute atomic E-state index is 12.2. The summed E-state index contributed by atoms with van der Waals surface area (Å²) in [6, 6.07) is 7.22. The van der Waals surface area contributed by atoms with E-state index < -0.39 is 10.0 Å². The molecule has 1 aliphatic heterocycles. The lowest BCUT2D eigenvalue weighted by Gasteiger charge is -2.20. The van der Waals surface area contributed by atoms with E-state index in [1.807, 2.05) is 22.8 Å². The van der Waals surface area contributed by atoms with Crippen molar-refractivity contribution in [3.63, 3.8) is 0 Å². The molecular formula is C15H19ClN4O3S. The second-order valence-electron chi connectivity index (χ2n) is 5.67. The number of sulfonamides is 1. The fraction of sp³-hybridized carbons (Fsp3) is 0.467. The van der Waals surface area contributed by atoms with Gasteiger partial charge in [0.25, 0.3) is 0 Å². The number of rotatable bonds is 5. The largest absolute Gasteiger partial charge is 0.379 e. The lowest BCUT2D eigenvalue weighted by atomic mass is 10.2. The zero-order chi connectivity index (χ0) is 17.2. The van der Waals surface area contributed by atoms with Crippen molar-refractivity contribution in [3.05, 3.63) is 46.5 Å². The second-order valence-corrected chi connectivity index (χ2v) is 8.06. The Balaban J connectivity index is 1.86. The molecule has 0 atom stereocenters. The number of hydrogen-bond donors (Lipinski definition) is 0. The van der Waals surface area contributed by atoms with E-state index in [0.717, 1.165) is 11.4 Å². The molecule has 0 radical (unpaired) electrons. The minimum absolute atomic E-state index is 0.150.